The third-order valence-corrected chi connectivity index (χ3v) is 6.27. The van der Waals surface area contributed by atoms with Gasteiger partial charge >= 0.3 is 0 Å². The lowest BCUT2D eigenvalue weighted by Gasteiger charge is -2.24. The molecule has 1 aromatic rings. The van der Waals surface area contributed by atoms with Gasteiger partial charge < -0.3 is 19.9 Å². The van der Waals surface area contributed by atoms with Crippen LogP contribution in [0.3, 0.4) is 0 Å². The monoisotopic (exact) mass is 470 g/mol. The number of hydrogen-bond donors (Lipinski definition) is 1. The van der Waals surface area contributed by atoms with Gasteiger partial charge in [-0.15, -0.1) is 11.8 Å². The molecule has 0 aliphatic carbocycles. The minimum absolute atomic E-state index is 0.0981. The number of ether oxygens (including phenoxy) is 1. The molecule has 180 valence electrons. The summed E-state index contributed by atoms with van der Waals surface area (Å²) in [6, 6.07) is 8.04. The normalized spacial score (nSPS) is 16.0. The Kier molecular flexibility index (Phi) is 10.9. The standard InChI is InChI=1S/C26H38N4O2S/c1-8-24-23(17-28-20(4)33-7)26(31)30(15-14-29(24)6)22-11-9-10-21(16-22)18-32-25(19(2)3)12-13-27-5/h8-11,16-17,19,25,27H,1,4,12-15,18H2,2-3,5-7H3. The molecule has 0 spiro atoms. The molecule has 1 N–H and O–H groups in total. The van der Waals surface area contributed by atoms with Gasteiger partial charge in [0, 0.05) is 32.0 Å². The summed E-state index contributed by atoms with van der Waals surface area (Å²) in [4.78, 5) is 21.8. The minimum Gasteiger partial charge on any atom is -0.373 e. The number of amides is 1. The largest absolute Gasteiger partial charge is 0.373 e. The SMILES string of the molecule is C=CC1=C(C=NC(=C)SC)C(=O)N(c2cccc(COC(CCNC)C(C)C)c2)CCN1C. The third-order valence-electron chi connectivity index (χ3n) is 5.70. The zero-order valence-corrected chi connectivity index (χ0v) is 21.5. The molecule has 0 fully saturated rings. The first-order valence-electron chi connectivity index (χ1n) is 11.3. The summed E-state index contributed by atoms with van der Waals surface area (Å²) in [5.41, 5.74) is 3.18. The van der Waals surface area contributed by atoms with Crippen molar-refractivity contribution < 1.29 is 9.53 Å². The van der Waals surface area contributed by atoms with E-state index in [2.05, 4.69) is 37.3 Å². The van der Waals surface area contributed by atoms with E-state index in [0.29, 0.717) is 36.2 Å². The van der Waals surface area contributed by atoms with Crippen LogP contribution in [0.15, 0.2) is 64.8 Å². The Hall–Kier alpha value is -2.35. The van der Waals surface area contributed by atoms with Crippen molar-refractivity contribution in [3.05, 3.63) is 65.4 Å². The molecule has 0 saturated carbocycles. The van der Waals surface area contributed by atoms with Crippen molar-refractivity contribution >= 4 is 29.6 Å². The first-order chi connectivity index (χ1) is 15.8. The quantitative estimate of drug-likeness (QED) is 0.457. The fraction of sp³-hybridized carbons (Fsp3) is 0.462. The van der Waals surface area contributed by atoms with Gasteiger partial charge in [-0.25, -0.2) is 4.99 Å². The van der Waals surface area contributed by atoms with Crippen LogP contribution in [-0.2, 0) is 16.1 Å². The van der Waals surface area contributed by atoms with E-state index in [0.717, 1.165) is 29.9 Å². The summed E-state index contributed by atoms with van der Waals surface area (Å²) < 4.78 is 6.23. The van der Waals surface area contributed by atoms with E-state index < -0.39 is 0 Å². The molecule has 2 rings (SSSR count). The molecule has 1 amide bonds. The lowest BCUT2D eigenvalue weighted by Crippen LogP contribution is -2.34. The van der Waals surface area contributed by atoms with Gasteiger partial charge in [-0.2, -0.15) is 0 Å². The Morgan fingerprint density at radius 1 is 1.36 bits per heavy atom. The molecule has 33 heavy (non-hydrogen) atoms. The number of rotatable bonds is 12. The molecule has 0 radical (unpaired) electrons. The van der Waals surface area contributed by atoms with Crippen LogP contribution in [0.2, 0.25) is 0 Å². The maximum atomic E-state index is 13.6. The molecule has 1 aromatic carbocycles. The molecule has 0 aromatic heterocycles. The second-order valence-corrected chi connectivity index (χ2v) is 9.27. The summed E-state index contributed by atoms with van der Waals surface area (Å²) in [6.07, 6.45) is 6.37. The van der Waals surface area contributed by atoms with Crippen molar-refractivity contribution in [3.63, 3.8) is 0 Å². The molecule has 7 heteroatoms. The topological polar surface area (TPSA) is 57.2 Å². The van der Waals surface area contributed by atoms with E-state index in [1.807, 2.05) is 49.5 Å². The van der Waals surface area contributed by atoms with Crippen LogP contribution in [0.5, 0.6) is 0 Å². The molecular formula is C26H38N4O2S. The zero-order chi connectivity index (χ0) is 24.4. The molecule has 1 unspecified atom stereocenters. The zero-order valence-electron chi connectivity index (χ0n) is 20.6. The van der Waals surface area contributed by atoms with E-state index in [4.69, 9.17) is 4.74 Å². The van der Waals surface area contributed by atoms with Crippen molar-refractivity contribution in [1.82, 2.24) is 10.2 Å². The number of thioether (sulfide) groups is 1. The Morgan fingerprint density at radius 3 is 2.76 bits per heavy atom. The molecule has 0 saturated heterocycles. The first-order valence-corrected chi connectivity index (χ1v) is 12.6. The fourth-order valence-corrected chi connectivity index (χ4v) is 3.83. The number of nitrogens with one attached hydrogen (secondary N) is 1. The predicted molar refractivity (Wildman–Crippen MR) is 142 cm³/mol. The van der Waals surface area contributed by atoms with Gasteiger partial charge in [0.1, 0.15) is 0 Å². The number of nitrogens with zero attached hydrogens (tertiary/aromatic N) is 3. The first kappa shape index (κ1) is 26.9. The Morgan fingerprint density at radius 2 is 2.12 bits per heavy atom. The number of carbonyl (C=O) groups is 1. The second kappa shape index (κ2) is 13.4. The van der Waals surface area contributed by atoms with Crippen molar-refractivity contribution in [2.75, 3.05) is 44.9 Å². The number of aliphatic imine (C=N–C) groups is 1. The molecule has 1 heterocycles. The highest BCUT2D eigenvalue weighted by atomic mass is 32.2. The van der Waals surface area contributed by atoms with Crippen LogP contribution < -0.4 is 10.2 Å². The van der Waals surface area contributed by atoms with Crippen LogP contribution >= 0.6 is 11.8 Å². The van der Waals surface area contributed by atoms with Gasteiger partial charge in [0.05, 0.1) is 29.0 Å². The molecule has 0 bridgehead atoms. The highest BCUT2D eigenvalue weighted by molar-refractivity contribution is 8.02. The van der Waals surface area contributed by atoms with Gasteiger partial charge in [-0.3, -0.25) is 4.79 Å². The summed E-state index contributed by atoms with van der Waals surface area (Å²) >= 11 is 1.45. The van der Waals surface area contributed by atoms with Gasteiger partial charge in [0.15, 0.2) is 0 Å². The highest BCUT2D eigenvalue weighted by Crippen LogP contribution is 2.25. The van der Waals surface area contributed by atoms with Gasteiger partial charge in [-0.05, 0) is 56.0 Å². The maximum Gasteiger partial charge on any atom is 0.262 e. The van der Waals surface area contributed by atoms with Crippen LogP contribution in [0.1, 0.15) is 25.8 Å². The van der Waals surface area contributed by atoms with E-state index in [-0.39, 0.29) is 12.0 Å². The predicted octanol–water partition coefficient (Wildman–Crippen LogP) is 4.46. The van der Waals surface area contributed by atoms with Crippen LogP contribution in [0, 0.1) is 5.92 Å². The Labute approximate surface area is 203 Å². The Balaban J connectivity index is 2.28. The minimum atomic E-state index is -0.0981. The summed E-state index contributed by atoms with van der Waals surface area (Å²) in [5, 5.41) is 3.84. The van der Waals surface area contributed by atoms with E-state index in [9.17, 15) is 4.79 Å². The van der Waals surface area contributed by atoms with Crippen molar-refractivity contribution in [3.8, 4) is 0 Å². The lowest BCUT2D eigenvalue weighted by molar-refractivity contribution is -0.114. The molecule has 1 atom stereocenters. The van der Waals surface area contributed by atoms with Gasteiger partial charge in [0.2, 0.25) is 0 Å². The average molecular weight is 471 g/mol. The molecule has 1 aliphatic rings. The molecular weight excluding hydrogens is 432 g/mol. The van der Waals surface area contributed by atoms with E-state index >= 15 is 0 Å². The van der Waals surface area contributed by atoms with Gasteiger partial charge in [-0.1, -0.05) is 39.1 Å². The number of benzene rings is 1. The number of hydrogen-bond acceptors (Lipinski definition) is 6. The smallest absolute Gasteiger partial charge is 0.262 e. The molecule has 6 nitrogen and oxygen atoms in total. The Bertz CT molecular complexity index is 894. The number of carbonyl (C=O) groups excluding carboxylic acids is 1. The summed E-state index contributed by atoms with van der Waals surface area (Å²) in [5.74, 6) is 0.337. The summed E-state index contributed by atoms with van der Waals surface area (Å²) in [6.45, 7) is 14.9. The van der Waals surface area contributed by atoms with Crippen molar-refractivity contribution in [2.45, 2.75) is 33.0 Å². The lowest BCUT2D eigenvalue weighted by atomic mass is 10.0. The number of likely N-dealkylation sites (N-methyl/N-ethyl adjacent to an activating group) is 1. The van der Waals surface area contributed by atoms with Crippen LogP contribution in [0.25, 0.3) is 0 Å². The van der Waals surface area contributed by atoms with Crippen molar-refractivity contribution in [2.24, 2.45) is 10.9 Å². The van der Waals surface area contributed by atoms with E-state index in [1.54, 1.807) is 17.2 Å². The fourth-order valence-electron chi connectivity index (χ4n) is 3.67. The van der Waals surface area contributed by atoms with Crippen LogP contribution in [-0.4, -0.2) is 63.1 Å². The molecule has 1 aliphatic heterocycles. The highest BCUT2D eigenvalue weighted by Gasteiger charge is 2.27. The van der Waals surface area contributed by atoms with Crippen LogP contribution in [0.4, 0.5) is 5.69 Å². The van der Waals surface area contributed by atoms with Gasteiger partial charge in [0.25, 0.3) is 5.91 Å². The number of allylic oxidation sites excluding steroid dienone is 1. The number of anilines is 1. The van der Waals surface area contributed by atoms with Crippen molar-refractivity contribution in [1.29, 1.82) is 0 Å². The second-order valence-electron chi connectivity index (χ2n) is 8.39. The third kappa shape index (κ3) is 7.59. The summed E-state index contributed by atoms with van der Waals surface area (Å²) in [7, 11) is 3.92. The van der Waals surface area contributed by atoms with E-state index in [1.165, 1.54) is 11.8 Å². The maximum absolute atomic E-state index is 13.6. The average Bonchev–Trinajstić information content (AvgIpc) is 2.92.